The molecule has 0 amide bonds. The van der Waals surface area contributed by atoms with Gasteiger partial charge in [-0.3, -0.25) is 4.98 Å². The Morgan fingerprint density at radius 3 is 2.88 bits per heavy atom. The van der Waals surface area contributed by atoms with Crippen molar-refractivity contribution in [2.24, 2.45) is 0 Å². The molecule has 1 aromatic heterocycles. The van der Waals surface area contributed by atoms with E-state index in [1.54, 1.807) is 17.8 Å². The van der Waals surface area contributed by atoms with Crippen LogP contribution < -0.4 is 5.73 Å². The average Bonchev–Trinajstić information content (AvgIpc) is 2.30. The van der Waals surface area contributed by atoms with Crippen LogP contribution in [0.3, 0.4) is 0 Å². The zero-order valence-corrected chi connectivity index (χ0v) is 11.1. The number of aromatic nitrogens is 1. The standard InChI is InChI=1S/C13H13ClN2S/c1-9-3-2-4-11(16-9)8-17-13-7-10(14)5-6-12(13)15/h2-7H,8,15H2,1H3. The van der Waals surface area contributed by atoms with Crippen LogP contribution in [0.25, 0.3) is 0 Å². The van der Waals surface area contributed by atoms with Crippen molar-refractivity contribution in [1.29, 1.82) is 0 Å². The Kier molecular flexibility index (Phi) is 3.92. The minimum absolute atomic E-state index is 0.707. The predicted molar refractivity (Wildman–Crippen MR) is 74.4 cm³/mol. The number of halogens is 1. The molecule has 0 aliphatic heterocycles. The number of thioether (sulfide) groups is 1. The van der Waals surface area contributed by atoms with E-state index in [1.165, 1.54) is 0 Å². The number of nitrogen functional groups attached to an aromatic ring is 1. The van der Waals surface area contributed by atoms with Crippen LogP contribution in [-0.4, -0.2) is 4.98 Å². The van der Waals surface area contributed by atoms with Crippen molar-refractivity contribution in [2.45, 2.75) is 17.6 Å². The fourth-order valence-electron chi connectivity index (χ4n) is 1.46. The Labute approximate surface area is 110 Å². The molecule has 1 aromatic carbocycles. The Hall–Kier alpha value is -1.19. The van der Waals surface area contributed by atoms with Crippen LogP contribution >= 0.6 is 23.4 Å². The van der Waals surface area contributed by atoms with Gasteiger partial charge >= 0.3 is 0 Å². The van der Waals surface area contributed by atoms with E-state index >= 15 is 0 Å². The van der Waals surface area contributed by atoms with Crippen LogP contribution in [0.2, 0.25) is 5.02 Å². The zero-order valence-electron chi connectivity index (χ0n) is 9.48. The second-order valence-corrected chi connectivity index (χ2v) is 5.19. The molecule has 4 heteroatoms. The van der Waals surface area contributed by atoms with Gasteiger partial charge in [0.05, 0.1) is 5.69 Å². The average molecular weight is 265 g/mol. The van der Waals surface area contributed by atoms with Crippen molar-refractivity contribution in [3.05, 3.63) is 52.8 Å². The lowest BCUT2D eigenvalue weighted by Gasteiger charge is -2.06. The van der Waals surface area contributed by atoms with Gasteiger partial charge in [-0.2, -0.15) is 0 Å². The largest absolute Gasteiger partial charge is 0.398 e. The summed E-state index contributed by atoms with van der Waals surface area (Å²) in [5.74, 6) is 0.798. The summed E-state index contributed by atoms with van der Waals surface area (Å²) in [7, 11) is 0. The Morgan fingerprint density at radius 1 is 1.29 bits per heavy atom. The van der Waals surface area contributed by atoms with Crippen molar-refractivity contribution in [3.63, 3.8) is 0 Å². The van der Waals surface area contributed by atoms with Crippen LogP contribution in [0.5, 0.6) is 0 Å². The van der Waals surface area contributed by atoms with Gasteiger partial charge in [0.1, 0.15) is 0 Å². The zero-order chi connectivity index (χ0) is 12.3. The van der Waals surface area contributed by atoms with Crippen LogP contribution in [0, 0.1) is 6.92 Å². The molecular formula is C13H13ClN2S. The summed E-state index contributed by atoms with van der Waals surface area (Å²) in [4.78, 5) is 5.45. The molecule has 2 N–H and O–H groups in total. The van der Waals surface area contributed by atoms with E-state index in [2.05, 4.69) is 4.98 Å². The highest BCUT2D eigenvalue weighted by Crippen LogP contribution is 2.30. The van der Waals surface area contributed by atoms with Gasteiger partial charge in [-0.15, -0.1) is 11.8 Å². The third-order valence-electron chi connectivity index (χ3n) is 2.30. The van der Waals surface area contributed by atoms with Gasteiger partial charge in [0, 0.05) is 27.1 Å². The number of benzene rings is 1. The first-order chi connectivity index (χ1) is 8.15. The molecule has 0 fully saturated rings. The van der Waals surface area contributed by atoms with Gasteiger partial charge in [0.15, 0.2) is 0 Å². The summed E-state index contributed by atoms with van der Waals surface area (Å²) >= 11 is 7.59. The van der Waals surface area contributed by atoms with Crippen molar-refractivity contribution in [1.82, 2.24) is 4.98 Å². The maximum absolute atomic E-state index is 5.94. The van der Waals surface area contributed by atoms with Gasteiger partial charge in [0.25, 0.3) is 0 Å². The van der Waals surface area contributed by atoms with Crippen LogP contribution in [0.15, 0.2) is 41.3 Å². The lowest BCUT2D eigenvalue weighted by atomic mass is 10.3. The summed E-state index contributed by atoms with van der Waals surface area (Å²) in [6.45, 7) is 1.99. The number of nitrogens with zero attached hydrogens (tertiary/aromatic N) is 1. The fraction of sp³-hybridized carbons (Fsp3) is 0.154. The van der Waals surface area contributed by atoms with Gasteiger partial charge in [-0.25, -0.2) is 0 Å². The molecule has 0 saturated heterocycles. The maximum Gasteiger partial charge on any atom is 0.0509 e. The quantitative estimate of drug-likeness (QED) is 0.675. The van der Waals surface area contributed by atoms with E-state index in [0.29, 0.717) is 5.02 Å². The monoisotopic (exact) mass is 264 g/mol. The molecule has 2 aromatic rings. The number of aryl methyl sites for hydroxylation is 1. The van der Waals surface area contributed by atoms with E-state index in [4.69, 9.17) is 17.3 Å². The van der Waals surface area contributed by atoms with Crippen LogP contribution in [-0.2, 0) is 5.75 Å². The molecule has 17 heavy (non-hydrogen) atoms. The molecule has 0 aliphatic rings. The first-order valence-corrected chi connectivity index (χ1v) is 6.62. The van der Waals surface area contributed by atoms with Gasteiger partial charge in [-0.05, 0) is 37.3 Å². The third kappa shape index (κ3) is 3.38. The number of nitrogens with two attached hydrogens (primary N) is 1. The van der Waals surface area contributed by atoms with Gasteiger partial charge in [-0.1, -0.05) is 17.7 Å². The smallest absolute Gasteiger partial charge is 0.0509 e. The summed E-state index contributed by atoms with van der Waals surface area (Å²) in [5, 5.41) is 0.707. The highest BCUT2D eigenvalue weighted by Gasteiger charge is 2.02. The number of hydrogen-bond acceptors (Lipinski definition) is 3. The summed E-state index contributed by atoms with van der Waals surface area (Å²) in [5.41, 5.74) is 8.72. The van der Waals surface area contributed by atoms with E-state index < -0.39 is 0 Å². The lowest BCUT2D eigenvalue weighted by Crippen LogP contribution is -1.91. The SMILES string of the molecule is Cc1cccc(CSc2cc(Cl)ccc2N)n1. The molecule has 2 nitrogen and oxygen atoms in total. The summed E-state index contributed by atoms with van der Waals surface area (Å²) in [6, 6.07) is 11.5. The molecule has 0 unspecified atom stereocenters. The van der Waals surface area contributed by atoms with Gasteiger partial charge < -0.3 is 5.73 Å². The molecule has 0 radical (unpaired) electrons. The van der Waals surface area contributed by atoms with Crippen molar-refractivity contribution < 1.29 is 0 Å². The van der Waals surface area contributed by atoms with E-state index in [-0.39, 0.29) is 0 Å². The highest BCUT2D eigenvalue weighted by atomic mass is 35.5. The van der Waals surface area contributed by atoms with Crippen molar-refractivity contribution in [3.8, 4) is 0 Å². The first kappa shape index (κ1) is 12.3. The van der Waals surface area contributed by atoms with Crippen molar-refractivity contribution in [2.75, 3.05) is 5.73 Å². The maximum atomic E-state index is 5.94. The molecule has 1 heterocycles. The minimum atomic E-state index is 0.707. The van der Waals surface area contributed by atoms with Crippen LogP contribution in [0.4, 0.5) is 5.69 Å². The highest BCUT2D eigenvalue weighted by molar-refractivity contribution is 7.98. The number of pyridine rings is 1. The molecule has 2 rings (SSSR count). The van der Waals surface area contributed by atoms with Gasteiger partial charge in [0.2, 0.25) is 0 Å². The molecule has 0 atom stereocenters. The normalized spacial score (nSPS) is 10.5. The third-order valence-corrected chi connectivity index (χ3v) is 3.64. The summed E-state index contributed by atoms with van der Waals surface area (Å²) < 4.78 is 0. The second kappa shape index (κ2) is 5.43. The number of anilines is 1. The number of rotatable bonds is 3. The first-order valence-electron chi connectivity index (χ1n) is 5.25. The fourth-order valence-corrected chi connectivity index (χ4v) is 2.61. The molecule has 0 spiro atoms. The van der Waals surface area contributed by atoms with Crippen molar-refractivity contribution >= 4 is 29.1 Å². The summed E-state index contributed by atoms with van der Waals surface area (Å²) in [6.07, 6.45) is 0. The Bertz CT molecular complexity index is 529. The molecule has 0 aliphatic carbocycles. The molecule has 0 bridgehead atoms. The van der Waals surface area contributed by atoms with E-state index in [0.717, 1.165) is 27.7 Å². The number of hydrogen-bond donors (Lipinski definition) is 1. The second-order valence-electron chi connectivity index (χ2n) is 3.74. The van der Waals surface area contributed by atoms with Crippen LogP contribution in [0.1, 0.15) is 11.4 Å². The lowest BCUT2D eigenvalue weighted by molar-refractivity contribution is 1.11. The Balaban J connectivity index is 2.09. The topological polar surface area (TPSA) is 38.9 Å². The van der Waals surface area contributed by atoms with E-state index in [1.807, 2.05) is 37.3 Å². The minimum Gasteiger partial charge on any atom is -0.398 e. The Morgan fingerprint density at radius 2 is 2.12 bits per heavy atom. The molecular weight excluding hydrogens is 252 g/mol. The molecule has 88 valence electrons. The predicted octanol–water partition coefficient (Wildman–Crippen LogP) is 3.92. The molecule has 0 saturated carbocycles. The van der Waals surface area contributed by atoms with E-state index in [9.17, 15) is 0 Å².